The molecule has 2 aliphatic rings. The third-order valence-electron chi connectivity index (χ3n) is 5.71. The molecule has 0 aromatic rings. The van der Waals surface area contributed by atoms with Crippen LogP contribution in [0.5, 0.6) is 0 Å². The van der Waals surface area contributed by atoms with Gasteiger partial charge in [0.05, 0.1) is 6.04 Å². The molecular formula is C20H37ClN4O3. The predicted octanol–water partition coefficient (Wildman–Crippen LogP) is 1.55. The Hall–Kier alpha value is -1.34. The molecule has 7 nitrogen and oxygen atoms in total. The molecule has 162 valence electrons. The maximum Gasteiger partial charge on any atom is 0.237 e. The molecule has 2 atom stereocenters. The maximum atomic E-state index is 12.5. The highest BCUT2D eigenvalue weighted by Crippen LogP contribution is 2.17. The fourth-order valence-corrected chi connectivity index (χ4v) is 4.02. The minimum absolute atomic E-state index is 0. The van der Waals surface area contributed by atoms with Crippen molar-refractivity contribution < 1.29 is 14.4 Å². The number of likely N-dealkylation sites (tertiary alicyclic amines) is 1. The molecule has 2 saturated heterocycles. The predicted molar refractivity (Wildman–Crippen MR) is 112 cm³/mol. The van der Waals surface area contributed by atoms with Gasteiger partial charge in [0.2, 0.25) is 17.7 Å². The quantitative estimate of drug-likeness (QED) is 0.597. The Morgan fingerprint density at radius 1 is 1.11 bits per heavy atom. The molecule has 2 unspecified atom stereocenters. The maximum absolute atomic E-state index is 12.5. The van der Waals surface area contributed by atoms with Crippen LogP contribution in [0.1, 0.15) is 58.8 Å². The molecule has 0 saturated carbocycles. The van der Waals surface area contributed by atoms with Gasteiger partial charge in [0.15, 0.2) is 0 Å². The van der Waals surface area contributed by atoms with Crippen LogP contribution in [0.3, 0.4) is 0 Å². The van der Waals surface area contributed by atoms with Crippen molar-refractivity contribution in [3.8, 4) is 0 Å². The first-order valence-corrected chi connectivity index (χ1v) is 10.6. The van der Waals surface area contributed by atoms with Gasteiger partial charge in [0.1, 0.15) is 0 Å². The molecule has 2 rings (SSSR count). The summed E-state index contributed by atoms with van der Waals surface area (Å²) in [5.74, 6) is 0.680. The Morgan fingerprint density at radius 3 is 2.50 bits per heavy atom. The lowest BCUT2D eigenvalue weighted by molar-refractivity contribution is -0.133. The normalized spacial score (nSPS) is 21.7. The van der Waals surface area contributed by atoms with E-state index in [1.54, 1.807) is 0 Å². The number of hydrogen-bond acceptors (Lipinski definition) is 4. The summed E-state index contributed by atoms with van der Waals surface area (Å²) >= 11 is 0. The lowest BCUT2D eigenvalue weighted by Crippen LogP contribution is -2.46. The Morgan fingerprint density at radius 2 is 1.86 bits per heavy atom. The van der Waals surface area contributed by atoms with Gasteiger partial charge in [-0.2, -0.15) is 0 Å². The summed E-state index contributed by atoms with van der Waals surface area (Å²) in [6.45, 7) is 8.45. The molecule has 0 spiro atoms. The number of piperidine rings is 1. The topological polar surface area (TPSA) is 81.8 Å². The SMILES string of the molecule is CCN(CC)C(=O)CCCC(=O)N1CCCC(CNC(=O)C2CCCN2)C1.Cl. The van der Waals surface area contributed by atoms with E-state index in [1.807, 2.05) is 23.6 Å². The third-order valence-corrected chi connectivity index (χ3v) is 5.71. The van der Waals surface area contributed by atoms with Crippen LogP contribution < -0.4 is 10.6 Å². The summed E-state index contributed by atoms with van der Waals surface area (Å²) < 4.78 is 0. The van der Waals surface area contributed by atoms with Crippen molar-refractivity contribution >= 4 is 30.1 Å². The molecule has 0 aromatic heterocycles. The van der Waals surface area contributed by atoms with E-state index in [4.69, 9.17) is 0 Å². The van der Waals surface area contributed by atoms with Gasteiger partial charge in [0, 0.05) is 45.6 Å². The smallest absolute Gasteiger partial charge is 0.237 e. The van der Waals surface area contributed by atoms with Crippen LogP contribution in [0.4, 0.5) is 0 Å². The lowest BCUT2D eigenvalue weighted by atomic mass is 9.97. The van der Waals surface area contributed by atoms with E-state index in [0.29, 0.717) is 38.3 Å². The molecule has 2 fully saturated rings. The van der Waals surface area contributed by atoms with Crippen molar-refractivity contribution in [2.24, 2.45) is 5.92 Å². The highest BCUT2D eigenvalue weighted by Gasteiger charge is 2.26. The van der Waals surface area contributed by atoms with Crippen LogP contribution in [0.2, 0.25) is 0 Å². The monoisotopic (exact) mass is 416 g/mol. The minimum Gasteiger partial charge on any atom is -0.354 e. The van der Waals surface area contributed by atoms with Gasteiger partial charge in [-0.25, -0.2) is 0 Å². The number of carbonyl (C=O) groups excluding carboxylic acids is 3. The van der Waals surface area contributed by atoms with Gasteiger partial charge >= 0.3 is 0 Å². The average molecular weight is 417 g/mol. The van der Waals surface area contributed by atoms with Gasteiger partial charge < -0.3 is 20.4 Å². The summed E-state index contributed by atoms with van der Waals surface area (Å²) in [5.41, 5.74) is 0. The Balaban J connectivity index is 0.00000392. The van der Waals surface area contributed by atoms with Crippen molar-refractivity contribution in [1.82, 2.24) is 20.4 Å². The summed E-state index contributed by atoms with van der Waals surface area (Å²) in [7, 11) is 0. The molecule has 0 bridgehead atoms. The van der Waals surface area contributed by atoms with Crippen molar-refractivity contribution in [2.45, 2.75) is 64.8 Å². The van der Waals surface area contributed by atoms with E-state index in [-0.39, 0.29) is 36.2 Å². The van der Waals surface area contributed by atoms with E-state index >= 15 is 0 Å². The van der Waals surface area contributed by atoms with Crippen molar-refractivity contribution in [3.05, 3.63) is 0 Å². The second-order valence-corrected chi connectivity index (χ2v) is 7.66. The molecular weight excluding hydrogens is 380 g/mol. The first kappa shape index (κ1) is 24.7. The summed E-state index contributed by atoms with van der Waals surface area (Å²) in [6, 6.07) is -0.0466. The zero-order valence-corrected chi connectivity index (χ0v) is 18.2. The first-order chi connectivity index (χ1) is 13.0. The van der Waals surface area contributed by atoms with Crippen LogP contribution in [-0.2, 0) is 14.4 Å². The Bertz CT molecular complexity index is 508. The van der Waals surface area contributed by atoms with Crippen LogP contribution in [-0.4, -0.2) is 72.8 Å². The minimum atomic E-state index is -0.0466. The van der Waals surface area contributed by atoms with Crippen molar-refractivity contribution in [1.29, 1.82) is 0 Å². The van der Waals surface area contributed by atoms with E-state index in [2.05, 4.69) is 10.6 Å². The van der Waals surface area contributed by atoms with E-state index in [9.17, 15) is 14.4 Å². The number of amides is 3. The lowest BCUT2D eigenvalue weighted by Gasteiger charge is -2.33. The molecule has 0 radical (unpaired) electrons. The number of carbonyl (C=O) groups is 3. The number of nitrogens with one attached hydrogen (secondary N) is 2. The molecule has 0 aliphatic carbocycles. The van der Waals surface area contributed by atoms with Gasteiger partial charge in [-0.15, -0.1) is 12.4 Å². The second kappa shape index (κ2) is 13.0. The third kappa shape index (κ3) is 7.59. The first-order valence-electron chi connectivity index (χ1n) is 10.6. The van der Waals surface area contributed by atoms with Gasteiger partial charge in [-0.1, -0.05) is 0 Å². The Kier molecular flexibility index (Phi) is 11.5. The van der Waals surface area contributed by atoms with Gasteiger partial charge in [0.25, 0.3) is 0 Å². The fraction of sp³-hybridized carbons (Fsp3) is 0.850. The van der Waals surface area contributed by atoms with Crippen molar-refractivity contribution in [2.75, 3.05) is 39.3 Å². The number of nitrogens with zero attached hydrogens (tertiary/aromatic N) is 2. The number of rotatable bonds is 9. The summed E-state index contributed by atoms with van der Waals surface area (Å²) in [4.78, 5) is 40.4. The molecule has 2 heterocycles. The van der Waals surface area contributed by atoms with E-state index < -0.39 is 0 Å². The fourth-order valence-electron chi connectivity index (χ4n) is 4.02. The summed E-state index contributed by atoms with van der Waals surface area (Å²) in [5, 5.41) is 6.26. The Labute approximate surface area is 175 Å². The molecule has 0 aromatic carbocycles. The van der Waals surface area contributed by atoms with Crippen molar-refractivity contribution in [3.63, 3.8) is 0 Å². The highest BCUT2D eigenvalue weighted by molar-refractivity contribution is 5.85. The molecule has 2 aliphatic heterocycles. The average Bonchev–Trinajstić information content (AvgIpc) is 3.22. The second-order valence-electron chi connectivity index (χ2n) is 7.66. The standard InChI is InChI=1S/C20H36N4O3.ClH/c1-3-23(4-2)18(25)10-5-11-19(26)24-13-7-8-16(15-24)14-22-20(27)17-9-6-12-21-17;/h16-17,21H,3-15H2,1-2H3,(H,22,27);1H. The highest BCUT2D eigenvalue weighted by atomic mass is 35.5. The zero-order chi connectivity index (χ0) is 19.6. The summed E-state index contributed by atoms with van der Waals surface area (Å²) in [6.07, 6.45) is 5.47. The zero-order valence-electron chi connectivity index (χ0n) is 17.4. The largest absolute Gasteiger partial charge is 0.354 e. The van der Waals surface area contributed by atoms with Crippen LogP contribution >= 0.6 is 12.4 Å². The molecule has 28 heavy (non-hydrogen) atoms. The van der Waals surface area contributed by atoms with E-state index in [1.165, 1.54) is 0 Å². The van der Waals surface area contributed by atoms with Crippen LogP contribution in [0.15, 0.2) is 0 Å². The molecule has 2 N–H and O–H groups in total. The number of halogens is 1. The van der Waals surface area contributed by atoms with Gasteiger partial charge in [-0.3, -0.25) is 14.4 Å². The van der Waals surface area contributed by atoms with Crippen LogP contribution in [0.25, 0.3) is 0 Å². The van der Waals surface area contributed by atoms with Gasteiger partial charge in [-0.05, 0) is 58.4 Å². The van der Waals surface area contributed by atoms with E-state index in [0.717, 1.165) is 51.9 Å². The van der Waals surface area contributed by atoms with Crippen LogP contribution in [0, 0.1) is 5.92 Å². The molecule has 8 heteroatoms. The molecule has 3 amide bonds. The number of hydrogen-bond donors (Lipinski definition) is 2.